The van der Waals surface area contributed by atoms with Crippen LogP contribution in [0.15, 0.2) is 71.6 Å². The Morgan fingerprint density at radius 2 is 1.76 bits per heavy atom. The third-order valence-corrected chi connectivity index (χ3v) is 11.3. The van der Waals surface area contributed by atoms with E-state index in [1.165, 1.54) is 11.3 Å². The predicted octanol–water partition coefficient (Wildman–Crippen LogP) is 7.50. The van der Waals surface area contributed by atoms with Crippen LogP contribution in [0.2, 0.25) is 0 Å². The minimum absolute atomic E-state index is 0.0858. The third kappa shape index (κ3) is 8.76. The van der Waals surface area contributed by atoms with E-state index < -0.39 is 10.1 Å². The molecule has 0 radical (unpaired) electrons. The van der Waals surface area contributed by atoms with Gasteiger partial charge in [-0.1, -0.05) is 49.7 Å². The number of hydrogen-bond donors (Lipinski definition) is 1. The molecule has 0 saturated heterocycles. The Hall–Kier alpha value is -4.06. The molecule has 1 saturated carbocycles. The summed E-state index contributed by atoms with van der Waals surface area (Å²) in [5, 5.41) is 3.51. The summed E-state index contributed by atoms with van der Waals surface area (Å²) in [6, 6.07) is 20.3. The van der Waals surface area contributed by atoms with Gasteiger partial charge in [0.1, 0.15) is 5.75 Å². The lowest BCUT2D eigenvalue weighted by Gasteiger charge is -2.24. The van der Waals surface area contributed by atoms with Gasteiger partial charge in [0.15, 0.2) is 5.13 Å². The molecule has 0 spiro atoms. The van der Waals surface area contributed by atoms with E-state index in [0.717, 1.165) is 64.3 Å². The van der Waals surface area contributed by atoms with Gasteiger partial charge >= 0.3 is 0 Å². The summed E-state index contributed by atoms with van der Waals surface area (Å²) < 4.78 is 36.3. The first-order valence-electron chi connectivity index (χ1n) is 16.8. The molecule has 9 nitrogen and oxygen atoms in total. The average molecular weight is 702 g/mol. The molecule has 0 atom stereocenters. The van der Waals surface area contributed by atoms with E-state index in [4.69, 9.17) is 13.9 Å². The van der Waals surface area contributed by atoms with Gasteiger partial charge < -0.3 is 15.0 Å². The van der Waals surface area contributed by atoms with Crippen molar-refractivity contribution in [2.75, 3.05) is 30.0 Å². The maximum atomic E-state index is 13.0. The van der Waals surface area contributed by atoms with Crippen molar-refractivity contribution in [2.24, 2.45) is 11.3 Å². The number of thiazole rings is 1. The summed E-state index contributed by atoms with van der Waals surface area (Å²) in [4.78, 5) is 33.5. The molecule has 1 aliphatic carbocycles. The molecular formula is C38H43N3O6S2. The Kier molecular flexibility index (Phi) is 10.2. The van der Waals surface area contributed by atoms with Crippen molar-refractivity contribution in [3.05, 3.63) is 88.3 Å². The fourth-order valence-corrected chi connectivity index (χ4v) is 7.67. The Bertz CT molecular complexity index is 1950. The number of rotatable bonds is 14. The van der Waals surface area contributed by atoms with Crippen LogP contribution >= 0.6 is 11.3 Å². The van der Waals surface area contributed by atoms with Crippen molar-refractivity contribution < 1.29 is 26.9 Å². The second-order valence-electron chi connectivity index (χ2n) is 13.8. The number of carbonyl (C=O) groups excluding carboxylic acids is 2. The van der Waals surface area contributed by atoms with E-state index in [-0.39, 0.29) is 41.1 Å². The molecular weight excluding hydrogens is 659 g/mol. The summed E-state index contributed by atoms with van der Waals surface area (Å²) in [7, 11) is -3.80. The Morgan fingerprint density at radius 1 is 1.00 bits per heavy atom. The molecule has 0 bridgehead atoms. The van der Waals surface area contributed by atoms with Crippen LogP contribution in [-0.2, 0) is 36.7 Å². The highest BCUT2D eigenvalue weighted by Crippen LogP contribution is 2.39. The Labute approximate surface area is 292 Å². The maximum absolute atomic E-state index is 13.0. The molecule has 2 aliphatic rings. The van der Waals surface area contributed by atoms with Gasteiger partial charge in [-0.3, -0.25) is 13.8 Å². The van der Waals surface area contributed by atoms with Crippen LogP contribution in [0.1, 0.15) is 61.1 Å². The number of anilines is 2. The number of nitrogens with one attached hydrogen (secondary N) is 1. The fraction of sp³-hybridized carbons (Fsp3) is 0.395. The monoisotopic (exact) mass is 701 g/mol. The Balaban J connectivity index is 0.974. The van der Waals surface area contributed by atoms with Crippen molar-refractivity contribution in [3.8, 4) is 17.0 Å². The SMILES string of the molecule is Cc1ccc(S(=O)(=O)OCCC(C)(C)CCOc2cccc(CC(=O)Nc3nc(-c4ccc5c(c4)CCN5C(=O)C4CC4)c(C)s3)c2)cc1. The highest BCUT2D eigenvalue weighted by Gasteiger charge is 2.36. The van der Waals surface area contributed by atoms with Crippen molar-refractivity contribution in [1.82, 2.24) is 4.98 Å². The average Bonchev–Trinajstić information content (AvgIpc) is 3.72. The molecule has 2 amide bonds. The summed E-state index contributed by atoms with van der Waals surface area (Å²) in [5.41, 5.74) is 5.59. The van der Waals surface area contributed by atoms with Crippen LogP contribution in [0.4, 0.5) is 10.8 Å². The lowest BCUT2D eigenvalue weighted by Crippen LogP contribution is -2.30. The van der Waals surface area contributed by atoms with Gasteiger partial charge in [0.2, 0.25) is 11.8 Å². The van der Waals surface area contributed by atoms with Gasteiger partial charge in [-0.2, -0.15) is 8.42 Å². The summed E-state index contributed by atoms with van der Waals surface area (Å²) >= 11 is 1.45. The van der Waals surface area contributed by atoms with Crippen LogP contribution in [0.25, 0.3) is 11.3 Å². The van der Waals surface area contributed by atoms with Gasteiger partial charge in [0, 0.05) is 28.6 Å². The molecule has 6 rings (SSSR count). The Morgan fingerprint density at radius 3 is 2.51 bits per heavy atom. The fourth-order valence-electron chi connectivity index (χ4n) is 5.91. The smallest absolute Gasteiger partial charge is 0.296 e. The molecule has 0 unspecified atom stereocenters. The zero-order valence-corrected chi connectivity index (χ0v) is 30.1. The zero-order valence-electron chi connectivity index (χ0n) is 28.5. The number of ether oxygens (including phenoxy) is 1. The van der Waals surface area contributed by atoms with Crippen molar-refractivity contribution in [3.63, 3.8) is 0 Å². The second kappa shape index (κ2) is 14.4. The lowest BCUT2D eigenvalue weighted by atomic mass is 9.86. The summed E-state index contributed by atoms with van der Waals surface area (Å²) in [6.45, 7) is 9.27. The first-order valence-corrected chi connectivity index (χ1v) is 19.0. The molecule has 4 aromatic rings. The number of hydrogen-bond acceptors (Lipinski definition) is 8. The van der Waals surface area contributed by atoms with E-state index in [9.17, 15) is 18.0 Å². The normalized spacial score (nSPS) is 14.5. The molecule has 3 aromatic carbocycles. The molecule has 49 heavy (non-hydrogen) atoms. The standard InChI is InChI=1S/C38H43N3O6S2/c1-25-8-13-32(14-9-25)49(44,45)47-21-18-38(3,4)17-20-46-31-7-5-6-27(22-31)23-34(42)39-37-40-35(26(2)48-37)30-12-15-33-29(24-30)16-19-41(33)36(43)28-10-11-28/h5-9,12-15,22,24,28H,10-11,16-21,23H2,1-4H3,(H,39,40,42). The van der Waals surface area contributed by atoms with Gasteiger partial charge in [0.25, 0.3) is 10.1 Å². The van der Waals surface area contributed by atoms with E-state index in [0.29, 0.717) is 30.3 Å². The third-order valence-electron chi connectivity index (χ3n) is 9.12. The van der Waals surface area contributed by atoms with Crippen LogP contribution in [0, 0.1) is 25.2 Å². The number of benzene rings is 3. The topological polar surface area (TPSA) is 115 Å². The number of aryl methyl sites for hydroxylation is 2. The van der Waals surface area contributed by atoms with Crippen LogP contribution < -0.4 is 15.0 Å². The quantitative estimate of drug-likeness (QED) is 0.136. The van der Waals surface area contributed by atoms with Gasteiger partial charge in [-0.15, -0.1) is 11.3 Å². The number of nitrogens with zero attached hydrogens (tertiary/aromatic N) is 2. The minimum Gasteiger partial charge on any atom is -0.494 e. The summed E-state index contributed by atoms with van der Waals surface area (Å²) in [6.07, 6.45) is 4.25. The largest absolute Gasteiger partial charge is 0.494 e. The number of amides is 2. The van der Waals surface area contributed by atoms with Crippen LogP contribution in [0.5, 0.6) is 5.75 Å². The predicted molar refractivity (Wildman–Crippen MR) is 193 cm³/mol. The van der Waals surface area contributed by atoms with Crippen molar-refractivity contribution in [1.29, 1.82) is 0 Å². The van der Waals surface area contributed by atoms with E-state index in [2.05, 4.69) is 25.2 Å². The van der Waals surface area contributed by atoms with Gasteiger partial charge in [-0.25, -0.2) is 4.98 Å². The highest BCUT2D eigenvalue weighted by atomic mass is 32.2. The second-order valence-corrected chi connectivity index (χ2v) is 16.6. The molecule has 1 aliphatic heterocycles. The molecule has 258 valence electrons. The van der Waals surface area contributed by atoms with Gasteiger partial charge in [0.05, 0.1) is 30.2 Å². The van der Waals surface area contributed by atoms with Gasteiger partial charge in [-0.05, 0) is 98.9 Å². The first-order chi connectivity index (χ1) is 23.4. The number of carbonyl (C=O) groups is 2. The number of fused-ring (bicyclic) bond motifs is 1. The molecule has 1 fully saturated rings. The highest BCUT2D eigenvalue weighted by molar-refractivity contribution is 7.86. The number of aromatic nitrogens is 1. The summed E-state index contributed by atoms with van der Waals surface area (Å²) in [5.74, 6) is 0.945. The lowest BCUT2D eigenvalue weighted by molar-refractivity contribution is -0.119. The zero-order chi connectivity index (χ0) is 34.8. The van der Waals surface area contributed by atoms with Crippen molar-refractivity contribution >= 4 is 44.1 Å². The van der Waals surface area contributed by atoms with Crippen LogP contribution in [-0.4, -0.2) is 45.0 Å². The van der Waals surface area contributed by atoms with E-state index >= 15 is 0 Å². The molecule has 11 heteroatoms. The van der Waals surface area contributed by atoms with Crippen LogP contribution in [0.3, 0.4) is 0 Å². The van der Waals surface area contributed by atoms with Crippen molar-refractivity contribution in [2.45, 2.75) is 71.1 Å². The first kappa shape index (κ1) is 34.8. The molecule has 2 heterocycles. The maximum Gasteiger partial charge on any atom is 0.296 e. The molecule has 1 N–H and O–H groups in total. The molecule has 1 aromatic heterocycles. The minimum atomic E-state index is -3.80. The van der Waals surface area contributed by atoms with E-state index in [1.54, 1.807) is 24.3 Å². The van der Waals surface area contributed by atoms with E-state index in [1.807, 2.05) is 55.1 Å².